The first kappa shape index (κ1) is 29.8. The Bertz CT molecular complexity index is 1560. The molecule has 0 nitrogen and oxygen atoms in total. The van der Waals surface area contributed by atoms with E-state index in [1.165, 1.54) is 33.4 Å². The Hall–Kier alpha value is -2.25. The monoisotopic (exact) mass is 618 g/mol. The largest absolute Gasteiger partial charge is 0.0688 e. The second kappa shape index (κ2) is 9.13. The SMILES string of the molecule is C[Si](C)(C)C1([Si](C)(C)C)c2ccccc2-c2ccc(-c3ccc4c(c3)C([Si](C)(C)C)([Si](C)(C)C)c3ccccc3-4)cc21. The minimum atomic E-state index is -1.70. The van der Waals surface area contributed by atoms with Crippen molar-refractivity contribution < 1.29 is 0 Å². The molecule has 2 aliphatic rings. The molecule has 0 amide bonds. The Labute approximate surface area is 259 Å². The van der Waals surface area contributed by atoms with Crippen LogP contribution in [0.5, 0.6) is 0 Å². The quantitative estimate of drug-likeness (QED) is 0.195. The van der Waals surface area contributed by atoms with Crippen molar-refractivity contribution in [3.8, 4) is 33.4 Å². The number of hydrogen-bond acceptors (Lipinski definition) is 0. The van der Waals surface area contributed by atoms with Crippen LogP contribution < -0.4 is 0 Å². The third-order valence-electron chi connectivity index (χ3n) is 10.9. The third kappa shape index (κ3) is 3.68. The molecule has 0 saturated heterocycles. The molecule has 0 saturated carbocycles. The van der Waals surface area contributed by atoms with E-state index in [1.54, 1.807) is 22.3 Å². The fourth-order valence-electron chi connectivity index (χ4n) is 10.4. The van der Waals surface area contributed by atoms with Gasteiger partial charge in [-0.3, -0.25) is 0 Å². The summed E-state index contributed by atoms with van der Waals surface area (Å²) in [4.78, 5) is 0. The normalized spacial score (nSPS) is 17.0. The maximum absolute atomic E-state index is 2.64. The Balaban J connectivity index is 1.64. The first-order chi connectivity index (χ1) is 19.4. The van der Waals surface area contributed by atoms with E-state index in [9.17, 15) is 0 Å². The fraction of sp³-hybridized carbons (Fsp3) is 0.368. The fourth-order valence-corrected chi connectivity index (χ4v) is 36.6. The van der Waals surface area contributed by atoms with Crippen molar-refractivity contribution in [2.45, 2.75) is 87.9 Å². The molecule has 4 aromatic carbocycles. The molecule has 0 fully saturated rings. The van der Waals surface area contributed by atoms with Gasteiger partial charge in [0.25, 0.3) is 0 Å². The predicted octanol–water partition coefficient (Wildman–Crippen LogP) is 11.4. The van der Waals surface area contributed by atoms with E-state index >= 15 is 0 Å². The van der Waals surface area contributed by atoms with Gasteiger partial charge < -0.3 is 0 Å². The highest BCUT2D eigenvalue weighted by Crippen LogP contribution is 2.60. The molecule has 0 unspecified atom stereocenters. The molecular formula is C38H50Si4. The van der Waals surface area contributed by atoms with Gasteiger partial charge in [0.1, 0.15) is 0 Å². The van der Waals surface area contributed by atoms with Crippen molar-refractivity contribution in [3.63, 3.8) is 0 Å². The molecule has 2 aliphatic carbocycles. The molecule has 0 N–H and O–H groups in total. The Morgan fingerprint density at radius 1 is 0.333 bits per heavy atom. The van der Waals surface area contributed by atoms with Crippen molar-refractivity contribution in [2.24, 2.45) is 0 Å². The van der Waals surface area contributed by atoms with Crippen LogP contribution in [0.3, 0.4) is 0 Å². The van der Waals surface area contributed by atoms with Gasteiger partial charge in [0.2, 0.25) is 0 Å². The van der Waals surface area contributed by atoms with E-state index in [1.807, 2.05) is 0 Å². The van der Waals surface area contributed by atoms with Crippen LogP contribution >= 0.6 is 0 Å². The van der Waals surface area contributed by atoms with E-state index in [-0.39, 0.29) is 9.32 Å². The van der Waals surface area contributed by atoms with E-state index in [0.29, 0.717) is 0 Å². The summed E-state index contributed by atoms with van der Waals surface area (Å²) in [6.45, 7) is 31.4. The molecule has 4 heteroatoms. The maximum Gasteiger partial charge on any atom is 0.0579 e. The standard InChI is InChI=1S/C38H50Si4/c1-39(2,3)37(40(4,5)6)33-19-15-13-17-29(33)31-23-21-27(25-35(31)37)28-22-24-32-30-18-14-16-20-34(30)38(36(32)26-28,41(7,8)9)42(10,11)12/h13-26H,1-12H3. The number of fused-ring (bicyclic) bond motifs is 6. The third-order valence-corrected chi connectivity index (χ3v) is 31.1. The maximum atomic E-state index is 2.64. The highest BCUT2D eigenvalue weighted by molar-refractivity contribution is 7.00. The van der Waals surface area contributed by atoms with Crippen LogP contribution in [-0.4, -0.2) is 32.3 Å². The van der Waals surface area contributed by atoms with Crippen molar-refractivity contribution in [1.82, 2.24) is 0 Å². The summed E-state index contributed by atoms with van der Waals surface area (Å²) in [5.41, 5.74) is 15.1. The van der Waals surface area contributed by atoms with E-state index in [2.05, 4.69) is 163 Å². The van der Waals surface area contributed by atoms with Gasteiger partial charge in [-0.25, -0.2) is 0 Å². The molecule has 0 radical (unpaired) electrons. The van der Waals surface area contributed by atoms with E-state index < -0.39 is 32.3 Å². The molecule has 0 bridgehead atoms. The molecule has 218 valence electrons. The predicted molar refractivity (Wildman–Crippen MR) is 198 cm³/mol. The molecule has 0 aromatic heterocycles. The van der Waals surface area contributed by atoms with Gasteiger partial charge in [0.05, 0.1) is 32.3 Å². The van der Waals surface area contributed by atoms with Crippen LogP contribution in [0.25, 0.3) is 33.4 Å². The van der Waals surface area contributed by atoms with Gasteiger partial charge in [0, 0.05) is 9.32 Å². The summed E-state index contributed by atoms with van der Waals surface area (Å²) < 4.78 is 0.352. The summed E-state index contributed by atoms with van der Waals surface area (Å²) in [6, 6.07) is 33.8. The van der Waals surface area contributed by atoms with Crippen LogP contribution in [0.2, 0.25) is 78.6 Å². The van der Waals surface area contributed by atoms with Crippen molar-refractivity contribution in [2.75, 3.05) is 0 Å². The van der Waals surface area contributed by atoms with Crippen molar-refractivity contribution in [1.29, 1.82) is 0 Å². The first-order valence-corrected chi connectivity index (χ1v) is 29.9. The molecule has 6 rings (SSSR count). The molecular weight excluding hydrogens is 569 g/mol. The average Bonchev–Trinajstić information content (AvgIpc) is 3.36. The van der Waals surface area contributed by atoms with Gasteiger partial charge in [0.15, 0.2) is 0 Å². The van der Waals surface area contributed by atoms with Crippen LogP contribution in [0.4, 0.5) is 0 Å². The van der Waals surface area contributed by atoms with Gasteiger partial charge in [-0.15, -0.1) is 0 Å². The minimum absolute atomic E-state index is 0.176. The zero-order chi connectivity index (χ0) is 30.7. The van der Waals surface area contributed by atoms with Crippen molar-refractivity contribution >= 4 is 32.3 Å². The van der Waals surface area contributed by atoms with Gasteiger partial charge >= 0.3 is 0 Å². The summed E-state index contributed by atoms with van der Waals surface area (Å²) in [6.07, 6.45) is 0. The lowest BCUT2D eigenvalue weighted by atomic mass is 9.95. The zero-order valence-electron chi connectivity index (χ0n) is 28.1. The summed E-state index contributed by atoms with van der Waals surface area (Å²) in [7, 11) is -6.78. The van der Waals surface area contributed by atoms with Crippen LogP contribution in [0.1, 0.15) is 22.3 Å². The number of benzene rings is 4. The van der Waals surface area contributed by atoms with Gasteiger partial charge in [-0.1, -0.05) is 163 Å². The Morgan fingerprint density at radius 2 is 0.619 bits per heavy atom. The second-order valence-electron chi connectivity index (χ2n) is 17.1. The zero-order valence-corrected chi connectivity index (χ0v) is 32.1. The number of rotatable bonds is 5. The highest BCUT2D eigenvalue weighted by atomic mass is 28.4. The molecule has 42 heavy (non-hydrogen) atoms. The lowest BCUT2D eigenvalue weighted by molar-refractivity contribution is 0.950. The van der Waals surface area contributed by atoms with E-state index in [4.69, 9.17) is 0 Å². The molecule has 4 aromatic rings. The summed E-state index contributed by atoms with van der Waals surface area (Å²) >= 11 is 0. The molecule has 0 aliphatic heterocycles. The minimum Gasteiger partial charge on any atom is -0.0688 e. The Morgan fingerprint density at radius 3 is 0.929 bits per heavy atom. The molecule has 0 heterocycles. The number of hydrogen-bond donors (Lipinski definition) is 0. The lowest BCUT2D eigenvalue weighted by Gasteiger charge is -2.51. The van der Waals surface area contributed by atoms with E-state index in [0.717, 1.165) is 0 Å². The Kier molecular flexibility index (Phi) is 6.48. The first-order valence-electron chi connectivity index (χ1n) is 15.9. The van der Waals surface area contributed by atoms with Crippen LogP contribution in [0, 0.1) is 0 Å². The van der Waals surface area contributed by atoms with Crippen LogP contribution in [0.15, 0.2) is 84.9 Å². The topological polar surface area (TPSA) is 0 Å². The van der Waals surface area contributed by atoms with Crippen LogP contribution in [-0.2, 0) is 9.32 Å². The summed E-state index contributed by atoms with van der Waals surface area (Å²) in [5.74, 6) is 0. The lowest BCUT2D eigenvalue weighted by Crippen LogP contribution is -2.63. The molecule has 0 atom stereocenters. The van der Waals surface area contributed by atoms with Crippen molar-refractivity contribution in [3.05, 3.63) is 107 Å². The van der Waals surface area contributed by atoms with Gasteiger partial charge in [-0.2, -0.15) is 0 Å². The molecule has 0 spiro atoms. The smallest absolute Gasteiger partial charge is 0.0579 e. The van der Waals surface area contributed by atoms with Gasteiger partial charge in [-0.05, 0) is 55.6 Å². The average molecular weight is 619 g/mol. The highest BCUT2D eigenvalue weighted by Gasteiger charge is 2.60. The summed E-state index contributed by atoms with van der Waals surface area (Å²) in [5, 5.41) is 0. The second-order valence-corrected chi connectivity index (χ2v) is 39.1.